The Morgan fingerprint density at radius 3 is 2.79 bits per heavy atom. The van der Waals surface area contributed by atoms with Gasteiger partial charge >= 0.3 is 0 Å². The van der Waals surface area contributed by atoms with Gasteiger partial charge in [0.25, 0.3) is 0 Å². The topological polar surface area (TPSA) is 75.7 Å². The molecule has 4 heteroatoms. The van der Waals surface area contributed by atoms with Gasteiger partial charge in [-0.3, -0.25) is 0 Å². The number of aliphatic hydroxyl groups excluding tert-OH is 1. The molecular formula is C10H13NO3. The molecule has 1 rings (SSSR count). The van der Waals surface area contributed by atoms with Crippen LogP contribution in [0.25, 0.3) is 6.08 Å². The van der Waals surface area contributed by atoms with Crippen LogP contribution in [0.2, 0.25) is 0 Å². The number of hydrogen-bond acceptors (Lipinski definition) is 4. The molecule has 0 heterocycles. The number of methoxy groups -OCH3 is 1. The number of ether oxygens (including phenoxy) is 1. The van der Waals surface area contributed by atoms with E-state index in [0.29, 0.717) is 5.75 Å². The molecule has 0 atom stereocenters. The Hall–Kier alpha value is -1.68. The Labute approximate surface area is 82.2 Å². The number of anilines is 1. The molecule has 1 aromatic rings. The number of nitrogen functional groups attached to an aromatic ring is 1. The fraction of sp³-hybridized carbons (Fsp3) is 0.200. The van der Waals surface area contributed by atoms with Crippen LogP contribution < -0.4 is 10.5 Å². The van der Waals surface area contributed by atoms with E-state index in [0.717, 1.165) is 5.56 Å². The summed E-state index contributed by atoms with van der Waals surface area (Å²) in [6.45, 7) is -0.0386. The molecule has 0 aliphatic heterocycles. The molecule has 0 fully saturated rings. The normalized spacial score (nSPS) is 10.7. The van der Waals surface area contributed by atoms with Gasteiger partial charge in [0.15, 0.2) is 11.5 Å². The van der Waals surface area contributed by atoms with Gasteiger partial charge in [-0.25, -0.2) is 0 Å². The van der Waals surface area contributed by atoms with E-state index in [2.05, 4.69) is 0 Å². The van der Waals surface area contributed by atoms with Crippen molar-refractivity contribution in [2.75, 3.05) is 19.5 Å². The van der Waals surface area contributed by atoms with Crippen LogP contribution in [-0.4, -0.2) is 23.9 Å². The summed E-state index contributed by atoms with van der Waals surface area (Å²) in [6.07, 6.45) is 3.27. The van der Waals surface area contributed by atoms with E-state index in [9.17, 15) is 5.11 Å². The van der Waals surface area contributed by atoms with Gasteiger partial charge in [-0.05, 0) is 17.7 Å². The second-order valence-corrected chi connectivity index (χ2v) is 2.75. The molecule has 0 bridgehead atoms. The van der Waals surface area contributed by atoms with Crippen LogP contribution in [0.5, 0.6) is 11.5 Å². The molecule has 0 aromatic heterocycles. The number of nitrogens with two attached hydrogens (primary N) is 1. The molecule has 0 aliphatic rings. The quantitative estimate of drug-likeness (QED) is 0.496. The van der Waals surface area contributed by atoms with Crippen LogP contribution in [0.1, 0.15) is 5.56 Å². The van der Waals surface area contributed by atoms with Crippen LogP contribution in [0.15, 0.2) is 18.2 Å². The van der Waals surface area contributed by atoms with Crippen LogP contribution >= 0.6 is 0 Å². The van der Waals surface area contributed by atoms with Crippen molar-refractivity contribution in [2.45, 2.75) is 0 Å². The predicted molar refractivity (Wildman–Crippen MR) is 55.2 cm³/mol. The van der Waals surface area contributed by atoms with Crippen molar-refractivity contribution in [3.05, 3.63) is 23.8 Å². The van der Waals surface area contributed by atoms with E-state index < -0.39 is 0 Å². The summed E-state index contributed by atoms with van der Waals surface area (Å²) in [7, 11) is 1.45. The molecule has 76 valence electrons. The Bertz CT molecular complexity index is 347. The first-order valence-corrected chi connectivity index (χ1v) is 4.13. The maximum Gasteiger partial charge on any atom is 0.181 e. The third-order valence-corrected chi connectivity index (χ3v) is 1.76. The predicted octanol–water partition coefficient (Wildman–Crippen LogP) is 0.988. The largest absolute Gasteiger partial charge is 0.503 e. The Kier molecular flexibility index (Phi) is 3.36. The molecule has 0 aliphatic carbocycles. The van der Waals surface area contributed by atoms with E-state index in [-0.39, 0.29) is 18.0 Å². The standard InChI is InChI=1S/C10H13NO3/c1-14-9-6-7(3-2-4-12)5-8(11)10(9)13/h2-3,5-6,12-13H,4,11H2,1H3/b3-2+. The summed E-state index contributed by atoms with van der Waals surface area (Å²) in [5, 5.41) is 18.0. The number of phenols is 1. The van der Waals surface area contributed by atoms with E-state index in [4.69, 9.17) is 15.6 Å². The molecule has 0 saturated carbocycles. The van der Waals surface area contributed by atoms with E-state index in [1.807, 2.05) is 0 Å². The fourth-order valence-corrected chi connectivity index (χ4v) is 1.09. The van der Waals surface area contributed by atoms with Gasteiger partial charge in [0, 0.05) is 0 Å². The Balaban J connectivity index is 3.09. The van der Waals surface area contributed by atoms with Crippen molar-refractivity contribution in [3.8, 4) is 11.5 Å². The average molecular weight is 195 g/mol. The lowest BCUT2D eigenvalue weighted by molar-refractivity contribution is 0.343. The first-order chi connectivity index (χ1) is 6.69. The zero-order valence-electron chi connectivity index (χ0n) is 7.90. The second kappa shape index (κ2) is 4.53. The van der Waals surface area contributed by atoms with Crippen molar-refractivity contribution in [1.82, 2.24) is 0 Å². The molecule has 4 N–H and O–H groups in total. The first-order valence-electron chi connectivity index (χ1n) is 4.13. The Morgan fingerprint density at radius 1 is 1.50 bits per heavy atom. The van der Waals surface area contributed by atoms with E-state index >= 15 is 0 Å². The molecule has 4 nitrogen and oxygen atoms in total. The summed E-state index contributed by atoms with van der Waals surface area (Å²) < 4.78 is 4.92. The van der Waals surface area contributed by atoms with Gasteiger partial charge in [-0.1, -0.05) is 12.2 Å². The van der Waals surface area contributed by atoms with Gasteiger partial charge in [-0.2, -0.15) is 0 Å². The molecule has 1 aromatic carbocycles. The monoisotopic (exact) mass is 195 g/mol. The van der Waals surface area contributed by atoms with Crippen molar-refractivity contribution in [2.24, 2.45) is 0 Å². The highest BCUT2D eigenvalue weighted by Gasteiger charge is 2.05. The molecule has 0 radical (unpaired) electrons. The van der Waals surface area contributed by atoms with E-state index in [1.165, 1.54) is 7.11 Å². The lowest BCUT2D eigenvalue weighted by Gasteiger charge is -2.06. The zero-order chi connectivity index (χ0) is 10.6. The summed E-state index contributed by atoms with van der Waals surface area (Å²) in [6, 6.07) is 3.24. The lowest BCUT2D eigenvalue weighted by Crippen LogP contribution is -1.91. The van der Waals surface area contributed by atoms with Gasteiger partial charge in [0.05, 0.1) is 19.4 Å². The first kappa shape index (κ1) is 10.4. The maximum atomic E-state index is 9.42. The zero-order valence-corrected chi connectivity index (χ0v) is 7.90. The van der Waals surface area contributed by atoms with Gasteiger partial charge in [0.2, 0.25) is 0 Å². The highest BCUT2D eigenvalue weighted by atomic mass is 16.5. The van der Waals surface area contributed by atoms with Crippen LogP contribution in [0.3, 0.4) is 0 Å². The maximum absolute atomic E-state index is 9.42. The molecule has 0 saturated heterocycles. The third kappa shape index (κ3) is 2.17. The number of aliphatic hydroxyl groups is 1. The Morgan fingerprint density at radius 2 is 2.21 bits per heavy atom. The van der Waals surface area contributed by atoms with Crippen molar-refractivity contribution >= 4 is 11.8 Å². The van der Waals surface area contributed by atoms with Gasteiger partial charge in [0.1, 0.15) is 0 Å². The van der Waals surface area contributed by atoms with Gasteiger partial charge < -0.3 is 20.7 Å². The smallest absolute Gasteiger partial charge is 0.181 e. The number of rotatable bonds is 3. The molecular weight excluding hydrogens is 182 g/mol. The minimum absolute atomic E-state index is 0.0386. The number of phenolic OH excluding ortho intramolecular Hbond substituents is 1. The van der Waals surface area contributed by atoms with Crippen LogP contribution in [0, 0.1) is 0 Å². The van der Waals surface area contributed by atoms with Crippen molar-refractivity contribution in [1.29, 1.82) is 0 Å². The second-order valence-electron chi connectivity index (χ2n) is 2.75. The molecule has 0 unspecified atom stereocenters. The number of benzene rings is 1. The average Bonchev–Trinajstić information content (AvgIpc) is 2.19. The number of aromatic hydroxyl groups is 1. The van der Waals surface area contributed by atoms with Crippen LogP contribution in [0.4, 0.5) is 5.69 Å². The lowest BCUT2D eigenvalue weighted by atomic mass is 10.1. The SMILES string of the molecule is COc1cc(/C=C/CO)cc(N)c1O. The van der Waals surface area contributed by atoms with Crippen LogP contribution in [-0.2, 0) is 0 Å². The highest BCUT2D eigenvalue weighted by molar-refractivity contribution is 5.67. The van der Waals surface area contributed by atoms with Gasteiger partial charge in [-0.15, -0.1) is 0 Å². The number of hydrogen-bond donors (Lipinski definition) is 3. The summed E-state index contributed by atoms with van der Waals surface area (Å²) in [5.74, 6) is 0.260. The minimum atomic E-state index is -0.0614. The molecule has 14 heavy (non-hydrogen) atoms. The molecule has 0 spiro atoms. The highest BCUT2D eigenvalue weighted by Crippen LogP contribution is 2.33. The third-order valence-electron chi connectivity index (χ3n) is 1.76. The van der Waals surface area contributed by atoms with E-state index in [1.54, 1.807) is 24.3 Å². The summed E-state index contributed by atoms with van der Waals surface area (Å²) >= 11 is 0. The van der Waals surface area contributed by atoms with Crippen molar-refractivity contribution < 1.29 is 14.9 Å². The van der Waals surface area contributed by atoms with Crippen molar-refractivity contribution in [3.63, 3.8) is 0 Å². The summed E-state index contributed by atoms with van der Waals surface area (Å²) in [4.78, 5) is 0. The molecule has 0 amide bonds. The summed E-state index contributed by atoms with van der Waals surface area (Å²) in [5.41, 5.74) is 6.56. The fourth-order valence-electron chi connectivity index (χ4n) is 1.09. The minimum Gasteiger partial charge on any atom is -0.503 e.